The summed E-state index contributed by atoms with van der Waals surface area (Å²) >= 11 is 0. The minimum absolute atomic E-state index is 0.200. The second kappa shape index (κ2) is 6.21. The third-order valence-corrected chi connectivity index (χ3v) is 3.27. The summed E-state index contributed by atoms with van der Waals surface area (Å²) in [4.78, 5) is 12.3. The lowest BCUT2D eigenvalue weighted by Gasteiger charge is -2.24. The molecule has 104 valence electrons. The average Bonchev–Trinajstić information content (AvgIpc) is 2.53. The van der Waals surface area contributed by atoms with E-state index in [1.165, 1.54) is 5.01 Å². The Bertz CT molecular complexity index is 567. The van der Waals surface area contributed by atoms with Crippen LogP contribution < -0.4 is 10.6 Å². The van der Waals surface area contributed by atoms with E-state index in [4.69, 9.17) is 10.6 Å². The first-order valence-electron chi connectivity index (χ1n) is 6.40. The normalized spacial score (nSPS) is 11.8. The van der Waals surface area contributed by atoms with Gasteiger partial charge in [0.05, 0.1) is 13.2 Å². The molecule has 0 spiro atoms. The number of methoxy groups -OCH3 is 1. The van der Waals surface area contributed by atoms with Crippen molar-refractivity contribution in [3.05, 3.63) is 65.7 Å². The lowest BCUT2D eigenvalue weighted by atomic mass is 10.1. The van der Waals surface area contributed by atoms with Crippen LogP contribution in [-0.4, -0.2) is 18.0 Å². The monoisotopic (exact) mass is 270 g/mol. The average molecular weight is 270 g/mol. The van der Waals surface area contributed by atoms with Crippen molar-refractivity contribution in [1.82, 2.24) is 5.01 Å². The summed E-state index contributed by atoms with van der Waals surface area (Å²) in [6.07, 6.45) is 0. The summed E-state index contributed by atoms with van der Waals surface area (Å²) in [6.45, 7) is 1.89. The van der Waals surface area contributed by atoms with Crippen LogP contribution in [0.5, 0.6) is 5.75 Å². The molecule has 0 bridgehead atoms. The third kappa shape index (κ3) is 2.97. The fourth-order valence-corrected chi connectivity index (χ4v) is 1.95. The first kappa shape index (κ1) is 14.1. The van der Waals surface area contributed by atoms with Gasteiger partial charge in [-0.25, -0.2) is 5.84 Å². The molecule has 1 unspecified atom stereocenters. The number of ether oxygens (including phenoxy) is 1. The van der Waals surface area contributed by atoms with Crippen molar-refractivity contribution in [2.75, 3.05) is 7.11 Å². The van der Waals surface area contributed by atoms with Crippen LogP contribution in [0.1, 0.15) is 28.9 Å². The van der Waals surface area contributed by atoms with E-state index in [2.05, 4.69) is 0 Å². The number of amides is 1. The SMILES string of the molecule is COc1ccc(C(C)N(N)C(=O)c2ccccc2)cc1. The van der Waals surface area contributed by atoms with Crippen molar-refractivity contribution in [3.8, 4) is 5.75 Å². The van der Waals surface area contributed by atoms with Crippen LogP contribution in [0, 0.1) is 0 Å². The minimum Gasteiger partial charge on any atom is -0.497 e. The van der Waals surface area contributed by atoms with Crippen LogP contribution in [0.15, 0.2) is 54.6 Å². The summed E-state index contributed by atoms with van der Waals surface area (Å²) < 4.78 is 5.11. The summed E-state index contributed by atoms with van der Waals surface area (Å²) in [7, 11) is 1.62. The molecule has 4 nitrogen and oxygen atoms in total. The second-order valence-electron chi connectivity index (χ2n) is 4.53. The number of carbonyl (C=O) groups excluding carboxylic acids is 1. The molecular formula is C16H18N2O2. The van der Waals surface area contributed by atoms with E-state index in [0.29, 0.717) is 5.56 Å². The van der Waals surface area contributed by atoms with Crippen molar-refractivity contribution < 1.29 is 9.53 Å². The molecule has 0 radical (unpaired) electrons. The van der Waals surface area contributed by atoms with Crippen LogP contribution in [0.25, 0.3) is 0 Å². The van der Waals surface area contributed by atoms with Gasteiger partial charge < -0.3 is 4.74 Å². The van der Waals surface area contributed by atoms with E-state index in [0.717, 1.165) is 11.3 Å². The Hall–Kier alpha value is -2.33. The Labute approximate surface area is 118 Å². The Kier molecular flexibility index (Phi) is 4.38. The highest BCUT2D eigenvalue weighted by molar-refractivity contribution is 5.94. The standard InChI is InChI=1S/C16H18N2O2/c1-12(13-8-10-15(20-2)11-9-13)18(17)16(19)14-6-4-3-5-7-14/h3-12H,17H2,1-2H3. The maximum absolute atomic E-state index is 12.3. The molecule has 1 atom stereocenters. The molecule has 0 aliphatic heterocycles. The molecule has 1 amide bonds. The van der Waals surface area contributed by atoms with E-state index in [-0.39, 0.29) is 11.9 Å². The number of hydrogen-bond acceptors (Lipinski definition) is 3. The number of rotatable bonds is 4. The minimum atomic E-state index is -0.214. The van der Waals surface area contributed by atoms with E-state index in [1.807, 2.05) is 49.4 Å². The summed E-state index contributed by atoms with van der Waals surface area (Å²) in [5.74, 6) is 6.52. The van der Waals surface area contributed by atoms with Gasteiger partial charge >= 0.3 is 0 Å². The van der Waals surface area contributed by atoms with Crippen LogP contribution >= 0.6 is 0 Å². The first-order chi connectivity index (χ1) is 9.63. The number of hydrogen-bond donors (Lipinski definition) is 1. The van der Waals surface area contributed by atoms with Gasteiger partial charge in [-0.1, -0.05) is 30.3 Å². The van der Waals surface area contributed by atoms with E-state index < -0.39 is 0 Å². The molecule has 0 saturated carbocycles. The first-order valence-corrected chi connectivity index (χ1v) is 6.40. The van der Waals surface area contributed by atoms with Crippen LogP contribution in [0.2, 0.25) is 0 Å². The summed E-state index contributed by atoms with van der Waals surface area (Å²) in [6, 6.07) is 16.3. The fraction of sp³-hybridized carbons (Fsp3) is 0.188. The predicted octanol–water partition coefficient (Wildman–Crippen LogP) is 2.77. The number of carbonyl (C=O) groups is 1. The molecule has 0 saturated heterocycles. The molecule has 0 aromatic heterocycles. The molecule has 0 fully saturated rings. The lowest BCUT2D eigenvalue weighted by Crippen LogP contribution is -2.39. The second-order valence-corrected chi connectivity index (χ2v) is 4.53. The van der Waals surface area contributed by atoms with Crippen molar-refractivity contribution in [3.63, 3.8) is 0 Å². The Morgan fingerprint density at radius 1 is 1.10 bits per heavy atom. The lowest BCUT2D eigenvalue weighted by molar-refractivity contribution is 0.0690. The van der Waals surface area contributed by atoms with Gasteiger partial charge in [0.25, 0.3) is 5.91 Å². The summed E-state index contributed by atoms with van der Waals surface area (Å²) in [5, 5.41) is 1.25. The van der Waals surface area contributed by atoms with Gasteiger partial charge in [-0.15, -0.1) is 0 Å². The van der Waals surface area contributed by atoms with E-state index >= 15 is 0 Å². The molecule has 4 heteroatoms. The number of nitrogens with two attached hydrogens (primary N) is 1. The zero-order valence-corrected chi connectivity index (χ0v) is 11.6. The number of hydrazine groups is 1. The molecule has 0 heterocycles. The summed E-state index contributed by atoms with van der Waals surface area (Å²) in [5.41, 5.74) is 1.54. The smallest absolute Gasteiger partial charge is 0.268 e. The van der Waals surface area contributed by atoms with Gasteiger partial charge in [0.2, 0.25) is 0 Å². The van der Waals surface area contributed by atoms with Gasteiger partial charge in [-0.3, -0.25) is 9.80 Å². The molecule has 2 N–H and O–H groups in total. The maximum atomic E-state index is 12.3. The molecule has 2 rings (SSSR count). The van der Waals surface area contributed by atoms with Gasteiger partial charge in [-0.2, -0.15) is 0 Å². The highest BCUT2D eigenvalue weighted by Crippen LogP contribution is 2.21. The molecular weight excluding hydrogens is 252 g/mol. The zero-order valence-electron chi connectivity index (χ0n) is 11.6. The topological polar surface area (TPSA) is 55.6 Å². The highest BCUT2D eigenvalue weighted by atomic mass is 16.5. The third-order valence-electron chi connectivity index (χ3n) is 3.27. The molecule has 0 aliphatic carbocycles. The number of benzene rings is 2. The van der Waals surface area contributed by atoms with E-state index in [9.17, 15) is 4.79 Å². The van der Waals surface area contributed by atoms with Gasteiger partial charge in [-0.05, 0) is 36.8 Å². The van der Waals surface area contributed by atoms with Crippen LogP contribution in [0.3, 0.4) is 0 Å². The highest BCUT2D eigenvalue weighted by Gasteiger charge is 2.19. The molecule has 2 aromatic carbocycles. The zero-order chi connectivity index (χ0) is 14.5. The fourth-order valence-electron chi connectivity index (χ4n) is 1.95. The molecule has 2 aromatic rings. The van der Waals surface area contributed by atoms with Crippen LogP contribution in [0.4, 0.5) is 0 Å². The van der Waals surface area contributed by atoms with Crippen LogP contribution in [-0.2, 0) is 0 Å². The Morgan fingerprint density at radius 2 is 1.70 bits per heavy atom. The van der Waals surface area contributed by atoms with Crippen molar-refractivity contribution >= 4 is 5.91 Å². The maximum Gasteiger partial charge on any atom is 0.268 e. The van der Waals surface area contributed by atoms with E-state index in [1.54, 1.807) is 19.2 Å². The van der Waals surface area contributed by atoms with Gasteiger partial charge in [0, 0.05) is 5.56 Å². The Balaban J connectivity index is 2.15. The van der Waals surface area contributed by atoms with Gasteiger partial charge in [0.1, 0.15) is 5.75 Å². The number of nitrogens with zero attached hydrogens (tertiary/aromatic N) is 1. The van der Waals surface area contributed by atoms with Crippen molar-refractivity contribution in [2.45, 2.75) is 13.0 Å². The van der Waals surface area contributed by atoms with Crippen molar-refractivity contribution in [2.24, 2.45) is 5.84 Å². The largest absolute Gasteiger partial charge is 0.497 e. The molecule has 0 aliphatic rings. The van der Waals surface area contributed by atoms with Crippen molar-refractivity contribution in [1.29, 1.82) is 0 Å². The van der Waals surface area contributed by atoms with Gasteiger partial charge in [0.15, 0.2) is 0 Å². The molecule has 20 heavy (non-hydrogen) atoms. The Morgan fingerprint density at radius 3 is 2.25 bits per heavy atom. The quantitative estimate of drug-likeness (QED) is 0.528. The predicted molar refractivity (Wildman–Crippen MR) is 78.2 cm³/mol.